The summed E-state index contributed by atoms with van der Waals surface area (Å²) in [4.78, 5) is 21.9. The molecule has 1 saturated heterocycles. The van der Waals surface area contributed by atoms with Crippen molar-refractivity contribution in [1.29, 1.82) is 0 Å². The van der Waals surface area contributed by atoms with Gasteiger partial charge in [0.1, 0.15) is 11.6 Å². The molecule has 2 aromatic rings. The molecule has 3 N–H and O–H groups in total. The molecule has 0 bridgehead atoms. The van der Waals surface area contributed by atoms with E-state index in [-0.39, 0.29) is 5.91 Å². The van der Waals surface area contributed by atoms with E-state index in [1.165, 1.54) is 12.0 Å². The molecule has 24 heavy (non-hydrogen) atoms. The summed E-state index contributed by atoms with van der Waals surface area (Å²) in [5.74, 6) is 1.88. The molecule has 3 rings (SSSR count). The smallest absolute Gasteiger partial charge is 0.231 e. The fourth-order valence-corrected chi connectivity index (χ4v) is 3.25. The van der Waals surface area contributed by atoms with Crippen molar-refractivity contribution in [2.24, 2.45) is 11.7 Å². The summed E-state index contributed by atoms with van der Waals surface area (Å²) in [6, 6.07) is 9.86. The number of amides is 1. The third-order valence-electron chi connectivity index (χ3n) is 4.25. The Kier molecular flexibility index (Phi) is 5.38. The maximum atomic E-state index is 11.1. The summed E-state index contributed by atoms with van der Waals surface area (Å²) >= 11 is 0. The number of likely N-dealkylation sites (tertiary alicyclic amines) is 1. The molecule has 1 unspecified atom stereocenters. The summed E-state index contributed by atoms with van der Waals surface area (Å²) in [5.41, 5.74) is 6.56. The van der Waals surface area contributed by atoms with E-state index in [4.69, 9.17) is 5.73 Å². The molecule has 3 heterocycles. The summed E-state index contributed by atoms with van der Waals surface area (Å²) in [6.45, 7) is 2.25. The van der Waals surface area contributed by atoms with E-state index in [0.717, 1.165) is 37.6 Å². The number of carbonyl (C=O) groups excluding carboxylic acids is 1. The maximum absolute atomic E-state index is 11.1. The Balaban J connectivity index is 1.61. The number of pyridine rings is 2. The molecular formula is C18H23N5O. The number of rotatable bonds is 6. The fourth-order valence-electron chi connectivity index (χ4n) is 3.25. The second-order valence-electron chi connectivity index (χ2n) is 6.30. The van der Waals surface area contributed by atoms with Crippen LogP contribution in [0.2, 0.25) is 0 Å². The zero-order valence-electron chi connectivity index (χ0n) is 13.7. The van der Waals surface area contributed by atoms with Gasteiger partial charge >= 0.3 is 0 Å². The fraction of sp³-hybridized carbons (Fsp3) is 0.389. The highest BCUT2D eigenvalue weighted by molar-refractivity contribution is 5.75. The Morgan fingerprint density at radius 1 is 1.25 bits per heavy atom. The number of piperidine rings is 1. The van der Waals surface area contributed by atoms with Crippen LogP contribution < -0.4 is 11.1 Å². The van der Waals surface area contributed by atoms with Crippen LogP contribution in [0.25, 0.3) is 0 Å². The van der Waals surface area contributed by atoms with Gasteiger partial charge in [-0.25, -0.2) is 9.97 Å². The van der Waals surface area contributed by atoms with Gasteiger partial charge in [-0.2, -0.15) is 0 Å². The average Bonchev–Trinajstić information content (AvgIpc) is 2.56. The van der Waals surface area contributed by atoms with Gasteiger partial charge < -0.3 is 11.1 Å². The van der Waals surface area contributed by atoms with E-state index >= 15 is 0 Å². The van der Waals surface area contributed by atoms with E-state index < -0.39 is 0 Å². The van der Waals surface area contributed by atoms with Gasteiger partial charge in [0.2, 0.25) is 5.91 Å². The zero-order valence-corrected chi connectivity index (χ0v) is 13.7. The van der Waals surface area contributed by atoms with Gasteiger partial charge in [0.15, 0.2) is 0 Å². The lowest BCUT2D eigenvalue weighted by Crippen LogP contribution is -2.41. The number of nitrogens with one attached hydrogen (secondary N) is 1. The van der Waals surface area contributed by atoms with Gasteiger partial charge in [-0.15, -0.1) is 0 Å². The van der Waals surface area contributed by atoms with Crippen molar-refractivity contribution in [2.75, 3.05) is 25.0 Å². The third kappa shape index (κ3) is 4.76. The molecular weight excluding hydrogens is 302 g/mol. The first-order valence-electron chi connectivity index (χ1n) is 8.32. The van der Waals surface area contributed by atoms with Crippen LogP contribution in [-0.2, 0) is 11.2 Å². The normalized spacial score (nSPS) is 18.2. The van der Waals surface area contributed by atoms with Crippen molar-refractivity contribution in [1.82, 2.24) is 14.9 Å². The van der Waals surface area contributed by atoms with Gasteiger partial charge in [-0.05, 0) is 61.6 Å². The second kappa shape index (κ2) is 7.88. The lowest BCUT2D eigenvalue weighted by atomic mass is 9.91. The van der Waals surface area contributed by atoms with Crippen molar-refractivity contribution in [3.8, 4) is 0 Å². The largest absolute Gasteiger partial charge is 0.369 e. The highest BCUT2D eigenvalue weighted by Gasteiger charge is 2.21. The third-order valence-corrected chi connectivity index (χ3v) is 4.25. The minimum absolute atomic E-state index is 0.249. The Morgan fingerprint density at radius 3 is 2.92 bits per heavy atom. The molecule has 1 aliphatic rings. The number of carbonyl (C=O) groups is 1. The molecule has 6 heteroatoms. The van der Waals surface area contributed by atoms with Crippen LogP contribution in [0.3, 0.4) is 0 Å². The van der Waals surface area contributed by atoms with Crippen LogP contribution in [0.4, 0.5) is 11.6 Å². The van der Waals surface area contributed by atoms with Crippen LogP contribution in [0.5, 0.6) is 0 Å². The van der Waals surface area contributed by atoms with E-state index in [0.29, 0.717) is 12.5 Å². The number of anilines is 2. The molecule has 1 aliphatic heterocycles. The van der Waals surface area contributed by atoms with Crippen molar-refractivity contribution < 1.29 is 4.79 Å². The second-order valence-corrected chi connectivity index (χ2v) is 6.30. The van der Waals surface area contributed by atoms with Crippen molar-refractivity contribution in [2.45, 2.75) is 19.3 Å². The molecule has 1 atom stereocenters. The Labute approximate surface area is 142 Å². The molecule has 1 amide bonds. The molecule has 0 saturated carbocycles. The lowest BCUT2D eigenvalue weighted by Gasteiger charge is -2.31. The quantitative estimate of drug-likeness (QED) is 0.848. The van der Waals surface area contributed by atoms with Gasteiger partial charge in [-0.3, -0.25) is 9.69 Å². The molecule has 0 radical (unpaired) electrons. The van der Waals surface area contributed by atoms with Crippen molar-refractivity contribution in [3.63, 3.8) is 0 Å². The highest BCUT2D eigenvalue weighted by Crippen LogP contribution is 2.22. The van der Waals surface area contributed by atoms with Gasteiger partial charge in [0.25, 0.3) is 0 Å². The van der Waals surface area contributed by atoms with Gasteiger partial charge in [0, 0.05) is 18.9 Å². The summed E-state index contributed by atoms with van der Waals surface area (Å²) < 4.78 is 0. The van der Waals surface area contributed by atoms with E-state index in [9.17, 15) is 4.79 Å². The first kappa shape index (κ1) is 16.4. The first-order valence-corrected chi connectivity index (χ1v) is 8.32. The van der Waals surface area contributed by atoms with Crippen LogP contribution in [-0.4, -0.2) is 40.4 Å². The van der Waals surface area contributed by atoms with E-state index in [2.05, 4.69) is 32.3 Å². The summed E-state index contributed by atoms with van der Waals surface area (Å²) in [7, 11) is 0. The Bertz CT molecular complexity index is 676. The number of hydrogen-bond donors (Lipinski definition) is 2. The minimum Gasteiger partial charge on any atom is -0.369 e. The average molecular weight is 325 g/mol. The maximum Gasteiger partial charge on any atom is 0.231 e. The van der Waals surface area contributed by atoms with Crippen molar-refractivity contribution in [3.05, 3.63) is 48.3 Å². The van der Waals surface area contributed by atoms with Crippen LogP contribution in [0.1, 0.15) is 18.4 Å². The highest BCUT2D eigenvalue weighted by atomic mass is 16.1. The molecule has 6 nitrogen and oxygen atoms in total. The predicted octanol–water partition coefficient (Wildman–Crippen LogP) is 1.96. The van der Waals surface area contributed by atoms with Gasteiger partial charge in [-0.1, -0.05) is 6.07 Å². The molecule has 0 aliphatic carbocycles. The van der Waals surface area contributed by atoms with Crippen molar-refractivity contribution >= 4 is 17.5 Å². The summed E-state index contributed by atoms with van der Waals surface area (Å²) in [6.07, 6.45) is 6.85. The molecule has 1 fully saturated rings. The zero-order chi connectivity index (χ0) is 16.8. The standard InChI is InChI=1S/C18H23N5O/c19-16(24)13-23-9-3-4-15(12-23)10-14-6-8-21-18(11-14)22-17-5-1-2-7-20-17/h1-2,5-8,11,15H,3-4,9-10,12-13H2,(H2,19,24)(H,20,21,22). The number of nitrogens with zero attached hydrogens (tertiary/aromatic N) is 3. The molecule has 126 valence electrons. The molecule has 0 aromatic carbocycles. The first-order chi connectivity index (χ1) is 11.7. The Morgan fingerprint density at radius 2 is 2.12 bits per heavy atom. The van der Waals surface area contributed by atoms with Crippen LogP contribution in [0.15, 0.2) is 42.7 Å². The topological polar surface area (TPSA) is 84.1 Å². The molecule has 0 spiro atoms. The molecule has 2 aromatic heterocycles. The van der Waals surface area contributed by atoms with Crippen LogP contribution >= 0.6 is 0 Å². The minimum atomic E-state index is -0.249. The number of primary amides is 1. The Hall–Kier alpha value is -2.47. The van der Waals surface area contributed by atoms with E-state index in [1.807, 2.05) is 24.4 Å². The summed E-state index contributed by atoms with van der Waals surface area (Å²) in [5, 5.41) is 3.22. The van der Waals surface area contributed by atoms with Crippen LogP contribution in [0, 0.1) is 5.92 Å². The predicted molar refractivity (Wildman–Crippen MR) is 93.8 cm³/mol. The SMILES string of the molecule is NC(=O)CN1CCCC(Cc2ccnc(Nc3ccccn3)c2)C1. The monoisotopic (exact) mass is 325 g/mol. The van der Waals surface area contributed by atoms with E-state index in [1.54, 1.807) is 6.20 Å². The number of nitrogens with two attached hydrogens (primary N) is 1. The lowest BCUT2D eigenvalue weighted by molar-refractivity contribution is -0.119. The number of hydrogen-bond acceptors (Lipinski definition) is 5. The number of aromatic nitrogens is 2. The van der Waals surface area contributed by atoms with Gasteiger partial charge in [0.05, 0.1) is 6.54 Å².